The molecule has 1 aliphatic carbocycles. The van der Waals surface area contributed by atoms with Gasteiger partial charge in [0.2, 0.25) is 5.78 Å². The Balaban J connectivity index is 1.96. The van der Waals surface area contributed by atoms with E-state index in [1.165, 1.54) is 12.1 Å². The van der Waals surface area contributed by atoms with Crippen LogP contribution in [0, 0.1) is 10.1 Å². The van der Waals surface area contributed by atoms with Crippen LogP contribution in [0.15, 0.2) is 54.6 Å². The SMILES string of the molecule is CCc1ccc(C(=O)c2cc([N+](=O)[O-])c3c(c2N)C(=O)c2ccccc2C3=O)cc1. The number of nitrogen functional groups attached to an aromatic ring is 1. The van der Waals surface area contributed by atoms with Crippen LogP contribution in [0.2, 0.25) is 0 Å². The van der Waals surface area contributed by atoms with Crippen molar-refractivity contribution in [2.24, 2.45) is 0 Å². The highest BCUT2D eigenvalue weighted by atomic mass is 16.6. The van der Waals surface area contributed by atoms with Gasteiger partial charge in [-0.1, -0.05) is 55.5 Å². The van der Waals surface area contributed by atoms with Crippen LogP contribution in [-0.4, -0.2) is 22.3 Å². The van der Waals surface area contributed by atoms with Gasteiger partial charge >= 0.3 is 0 Å². The number of nitro benzene ring substituents is 1. The number of benzene rings is 3. The van der Waals surface area contributed by atoms with Gasteiger partial charge in [0.15, 0.2) is 11.6 Å². The molecule has 30 heavy (non-hydrogen) atoms. The third kappa shape index (κ3) is 2.79. The zero-order valence-electron chi connectivity index (χ0n) is 16.0. The molecule has 0 unspecified atom stereocenters. The first kappa shape index (κ1) is 19.2. The summed E-state index contributed by atoms with van der Waals surface area (Å²) >= 11 is 0. The molecule has 0 saturated heterocycles. The number of rotatable bonds is 4. The van der Waals surface area contributed by atoms with E-state index in [1.54, 1.807) is 36.4 Å². The normalized spacial score (nSPS) is 12.3. The quantitative estimate of drug-likeness (QED) is 0.241. The van der Waals surface area contributed by atoms with Gasteiger partial charge < -0.3 is 5.73 Å². The molecule has 1 aliphatic rings. The Labute approximate surface area is 171 Å². The number of aryl methyl sites for hydroxylation is 1. The van der Waals surface area contributed by atoms with Crippen LogP contribution in [0.4, 0.5) is 11.4 Å². The summed E-state index contributed by atoms with van der Waals surface area (Å²) in [6, 6.07) is 13.8. The number of ketones is 3. The van der Waals surface area contributed by atoms with Crippen molar-refractivity contribution >= 4 is 28.7 Å². The van der Waals surface area contributed by atoms with Gasteiger partial charge in [0.25, 0.3) is 5.69 Å². The van der Waals surface area contributed by atoms with E-state index in [4.69, 9.17) is 5.73 Å². The van der Waals surface area contributed by atoms with E-state index in [0.29, 0.717) is 0 Å². The average molecular weight is 400 g/mol. The number of nitro groups is 1. The van der Waals surface area contributed by atoms with Crippen molar-refractivity contribution in [3.05, 3.63) is 104 Å². The van der Waals surface area contributed by atoms with E-state index in [9.17, 15) is 24.5 Å². The maximum absolute atomic E-state index is 13.1. The Bertz CT molecular complexity index is 1260. The largest absolute Gasteiger partial charge is 0.398 e. The summed E-state index contributed by atoms with van der Waals surface area (Å²) in [7, 11) is 0. The Kier molecular flexibility index (Phi) is 4.50. The van der Waals surface area contributed by atoms with Gasteiger partial charge in [-0.25, -0.2) is 0 Å². The first-order valence-electron chi connectivity index (χ1n) is 9.28. The molecular weight excluding hydrogens is 384 g/mol. The number of nitrogens with two attached hydrogens (primary N) is 1. The summed E-state index contributed by atoms with van der Waals surface area (Å²) < 4.78 is 0. The molecule has 0 radical (unpaired) electrons. The van der Waals surface area contributed by atoms with Crippen LogP contribution in [0.5, 0.6) is 0 Å². The molecule has 0 amide bonds. The molecule has 0 saturated carbocycles. The van der Waals surface area contributed by atoms with E-state index in [2.05, 4.69) is 0 Å². The van der Waals surface area contributed by atoms with Gasteiger partial charge in [0.05, 0.1) is 21.7 Å². The Morgan fingerprint density at radius 2 is 1.53 bits per heavy atom. The van der Waals surface area contributed by atoms with E-state index in [0.717, 1.165) is 18.1 Å². The maximum atomic E-state index is 13.1. The van der Waals surface area contributed by atoms with Crippen molar-refractivity contribution < 1.29 is 19.3 Å². The number of nitrogens with zero attached hydrogens (tertiary/aromatic N) is 1. The molecule has 0 aromatic heterocycles. The first-order valence-corrected chi connectivity index (χ1v) is 9.28. The number of fused-ring (bicyclic) bond motifs is 2. The highest BCUT2D eigenvalue weighted by Crippen LogP contribution is 2.39. The molecule has 7 nitrogen and oxygen atoms in total. The third-order valence-corrected chi connectivity index (χ3v) is 5.28. The number of hydrogen-bond donors (Lipinski definition) is 1. The lowest BCUT2D eigenvalue weighted by Crippen LogP contribution is -2.25. The number of anilines is 1. The standard InChI is InChI=1S/C23H16N2O5/c1-2-12-7-9-13(10-8-12)21(26)16-11-17(25(29)30)18-19(20(16)24)23(28)15-6-4-3-5-14(15)22(18)27/h3-11H,2,24H2,1H3. The van der Waals surface area contributed by atoms with Crippen LogP contribution in [-0.2, 0) is 6.42 Å². The van der Waals surface area contributed by atoms with Crippen molar-refractivity contribution in [1.29, 1.82) is 0 Å². The van der Waals surface area contributed by atoms with Gasteiger partial charge in [0, 0.05) is 22.8 Å². The van der Waals surface area contributed by atoms with Crippen LogP contribution in [0.25, 0.3) is 0 Å². The van der Waals surface area contributed by atoms with Crippen molar-refractivity contribution in [1.82, 2.24) is 0 Å². The lowest BCUT2D eigenvalue weighted by atomic mass is 9.80. The summed E-state index contributed by atoms with van der Waals surface area (Å²) in [6.07, 6.45) is 0.789. The van der Waals surface area contributed by atoms with Gasteiger partial charge in [-0.05, 0) is 12.0 Å². The average Bonchev–Trinajstić information content (AvgIpc) is 2.76. The molecule has 4 rings (SSSR count). The van der Waals surface area contributed by atoms with Crippen molar-refractivity contribution in [2.45, 2.75) is 13.3 Å². The Morgan fingerprint density at radius 1 is 0.967 bits per heavy atom. The Morgan fingerprint density at radius 3 is 2.07 bits per heavy atom. The van der Waals surface area contributed by atoms with Gasteiger partial charge in [-0.3, -0.25) is 24.5 Å². The van der Waals surface area contributed by atoms with Gasteiger partial charge in [-0.15, -0.1) is 0 Å². The molecule has 2 N–H and O–H groups in total. The van der Waals surface area contributed by atoms with Crippen LogP contribution >= 0.6 is 0 Å². The van der Waals surface area contributed by atoms with Crippen molar-refractivity contribution in [3.8, 4) is 0 Å². The fraction of sp³-hybridized carbons (Fsp3) is 0.0870. The van der Waals surface area contributed by atoms with Crippen LogP contribution < -0.4 is 5.73 Å². The Hall–Kier alpha value is -4.13. The molecule has 7 heteroatoms. The molecular formula is C23H16N2O5. The molecule has 0 heterocycles. The van der Waals surface area contributed by atoms with Gasteiger partial charge in [-0.2, -0.15) is 0 Å². The van der Waals surface area contributed by atoms with E-state index < -0.39 is 28.0 Å². The van der Waals surface area contributed by atoms with E-state index in [1.807, 2.05) is 6.92 Å². The fourth-order valence-corrected chi connectivity index (χ4v) is 3.68. The van der Waals surface area contributed by atoms with Crippen LogP contribution in [0.3, 0.4) is 0 Å². The lowest BCUT2D eigenvalue weighted by Gasteiger charge is -2.20. The highest BCUT2D eigenvalue weighted by molar-refractivity contribution is 6.32. The van der Waals surface area contributed by atoms with E-state index in [-0.39, 0.29) is 39.1 Å². The zero-order chi connectivity index (χ0) is 21.6. The minimum Gasteiger partial charge on any atom is -0.398 e. The predicted molar refractivity (Wildman–Crippen MR) is 110 cm³/mol. The molecule has 3 aromatic carbocycles. The van der Waals surface area contributed by atoms with Crippen LogP contribution in [0.1, 0.15) is 60.3 Å². The minimum absolute atomic E-state index is 0.0757. The molecule has 148 valence electrons. The fourth-order valence-electron chi connectivity index (χ4n) is 3.68. The monoisotopic (exact) mass is 400 g/mol. The predicted octanol–water partition coefficient (Wildman–Crippen LogP) is 3.75. The molecule has 0 fully saturated rings. The molecule has 0 atom stereocenters. The summed E-state index contributed by atoms with van der Waals surface area (Å²) in [6.45, 7) is 1.97. The third-order valence-electron chi connectivity index (χ3n) is 5.28. The molecule has 0 bridgehead atoms. The maximum Gasteiger partial charge on any atom is 0.282 e. The minimum atomic E-state index is -0.769. The lowest BCUT2D eigenvalue weighted by molar-refractivity contribution is -0.385. The highest BCUT2D eigenvalue weighted by Gasteiger charge is 2.39. The van der Waals surface area contributed by atoms with Crippen molar-refractivity contribution in [2.75, 3.05) is 5.73 Å². The number of hydrogen-bond acceptors (Lipinski definition) is 6. The van der Waals surface area contributed by atoms with Crippen molar-refractivity contribution in [3.63, 3.8) is 0 Å². The summed E-state index contributed by atoms with van der Waals surface area (Å²) in [5, 5.41) is 11.7. The number of carbonyl (C=O) groups excluding carboxylic acids is 3. The van der Waals surface area contributed by atoms with E-state index >= 15 is 0 Å². The topological polar surface area (TPSA) is 120 Å². The second-order valence-corrected chi connectivity index (χ2v) is 6.95. The first-order chi connectivity index (χ1) is 14.3. The smallest absolute Gasteiger partial charge is 0.282 e. The molecule has 0 aliphatic heterocycles. The number of carbonyl (C=O) groups is 3. The molecule has 0 spiro atoms. The summed E-state index contributed by atoms with van der Waals surface area (Å²) in [4.78, 5) is 50.1. The second-order valence-electron chi connectivity index (χ2n) is 6.95. The zero-order valence-corrected chi connectivity index (χ0v) is 16.0. The summed E-state index contributed by atoms with van der Waals surface area (Å²) in [5.74, 6) is -1.83. The molecule has 3 aromatic rings. The van der Waals surface area contributed by atoms with Gasteiger partial charge in [0.1, 0.15) is 5.56 Å². The summed E-state index contributed by atoms with van der Waals surface area (Å²) in [5.41, 5.74) is 5.96. The second kappa shape index (κ2) is 7.04.